The van der Waals surface area contributed by atoms with Gasteiger partial charge in [-0.05, 0) is 49.9 Å². The van der Waals surface area contributed by atoms with Crippen molar-refractivity contribution in [3.8, 4) is 5.75 Å². The Morgan fingerprint density at radius 2 is 1.80 bits per heavy atom. The smallest absolute Gasteiger partial charge is 0.319 e. The quantitative estimate of drug-likeness (QED) is 0.543. The predicted octanol–water partition coefficient (Wildman–Crippen LogP) is 2.56. The van der Waals surface area contributed by atoms with E-state index in [1.165, 1.54) is 19.3 Å². The maximum Gasteiger partial charge on any atom is 0.319 e. The molecule has 1 saturated heterocycles. The summed E-state index contributed by atoms with van der Waals surface area (Å²) < 4.78 is 11.0. The predicted molar refractivity (Wildman–Crippen MR) is 114 cm³/mol. The molecule has 3 rings (SSSR count). The van der Waals surface area contributed by atoms with Crippen LogP contribution in [-0.4, -0.2) is 55.1 Å². The second-order valence-electron chi connectivity index (χ2n) is 8.10. The van der Waals surface area contributed by atoms with Gasteiger partial charge in [0.05, 0.1) is 32.3 Å². The first-order valence-electron chi connectivity index (χ1n) is 10.8. The van der Waals surface area contributed by atoms with Gasteiger partial charge >= 0.3 is 6.03 Å². The maximum absolute atomic E-state index is 12.3. The molecule has 166 valence electrons. The van der Waals surface area contributed by atoms with Gasteiger partial charge in [-0.2, -0.15) is 0 Å². The molecule has 1 aliphatic heterocycles. The average molecular weight is 420 g/mol. The number of amides is 3. The molecular weight excluding hydrogens is 386 g/mol. The second kappa shape index (κ2) is 11.2. The van der Waals surface area contributed by atoms with Crippen LogP contribution in [0.1, 0.15) is 51.4 Å². The lowest BCUT2D eigenvalue weighted by Gasteiger charge is -2.36. The minimum absolute atomic E-state index is 0.00671. The van der Waals surface area contributed by atoms with Gasteiger partial charge in [-0.15, -0.1) is 0 Å². The second-order valence-corrected chi connectivity index (χ2v) is 8.10. The van der Waals surface area contributed by atoms with E-state index in [0.29, 0.717) is 24.3 Å². The Morgan fingerprint density at radius 1 is 1.07 bits per heavy atom. The minimum atomic E-state index is -0.534. The molecule has 0 bridgehead atoms. The molecule has 1 aromatic carbocycles. The van der Waals surface area contributed by atoms with Crippen molar-refractivity contribution in [2.24, 2.45) is 0 Å². The van der Waals surface area contributed by atoms with E-state index in [1.807, 2.05) is 0 Å². The Bertz CT molecular complexity index is 691. The van der Waals surface area contributed by atoms with Gasteiger partial charge in [0.25, 0.3) is 0 Å². The minimum Gasteiger partial charge on any atom is -0.497 e. The SMILES string of the molecule is COc1ccc(NC(=O)N[C@@H]2CC[C@H](CC(=O)NC3CCCCC3)O[C@@H]2CO)cc1. The number of rotatable bonds is 7. The van der Waals surface area contributed by atoms with E-state index in [9.17, 15) is 14.7 Å². The summed E-state index contributed by atoms with van der Waals surface area (Å²) in [5.41, 5.74) is 0.642. The summed E-state index contributed by atoms with van der Waals surface area (Å²) in [4.78, 5) is 24.7. The van der Waals surface area contributed by atoms with Crippen LogP contribution in [-0.2, 0) is 9.53 Å². The molecule has 1 saturated carbocycles. The average Bonchev–Trinajstić information content (AvgIpc) is 2.76. The number of ether oxygens (including phenoxy) is 2. The third kappa shape index (κ3) is 6.60. The lowest BCUT2D eigenvalue weighted by Crippen LogP contribution is -2.52. The van der Waals surface area contributed by atoms with E-state index in [1.54, 1.807) is 31.4 Å². The number of methoxy groups -OCH3 is 1. The lowest BCUT2D eigenvalue weighted by molar-refractivity contribution is -0.131. The highest BCUT2D eigenvalue weighted by molar-refractivity contribution is 5.89. The fraction of sp³-hybridized carbons (Fsp3) is 0.636. The molecule has 0 radical (unpaired) electrons. The van der Waals surface area contributed by atoms with Gasteiger partial charge in [0.2, 0.25) is 5.91 Å². The van der Waals surface area contributed by atoms with Crippen LogP contribution in [0.2, 0.25) is 0 Å². The topological polar surface area (TPSA) is 109 Å². The van der Waals surface area contributed by atoms with E-state index >= 15 is 0 Å². The van der Waals surface area contributed by atoms with E-state index < -0.39 is 6.10 Å². The van der Waals surface area contributed by atoms with E-state index in [-0.39, 0.29) is 43.2 Å². The molecule has 1 heterocycles. The van der Waals surface area contributed by atoms with Crippen molar-refractivity contribution in [1.29, 1.82) is 0 Å². The Morgan fingerprint density at radius 3 is 2.47 bits per heavy atom. The number of nitrogens with one attached hydrogen (secondary N) is 3. The molecule has 8 heteroatoms. The number of anilines is 1. The Hall–Kier alpha value is -2.32. The van der Waals surface area contributed by atoms with Crippen LogP contribution in [0.25, 0.3) is 0 Å². The highest BCUT2D eigenvalue weighted by Crippen LogP contribution is 2.23. The van der Waals surface area contributed by atoms with Crippen LogP contribution in [0, 0.1) is 0 Å². The normalized spacial score (nSPS) is 24.7. The zero-order valence-corrected chi connectivity index (χ0v) is 17.6. The fourth-order valence-electron chi connectivity index (χ4n) is 4.20. The van der Waals surface area contributed by atoms with Crippen molar-refractivity contribution in [2.75, 3.05) is 19.0 Å². The molecule has 3 amide bonds. The van der Waals surface area contributed by atoms with Gasteiger partial charge < -0.3 is 30.5 Å². The van der Waals surface area contributed by atoms with Gasteiger partial charge in [-0.3, -0.25) is 4.79 Å². The van der Waals surface area contributed by atoms with E-state index in [2.05, 4.69) is 16.0 Å². The Balaban J connectivity index is 1.43. The summed E-state index contributed by atoms with van der Waals surface area (Å²) in [6.45, 7) is -0.214. The number of benzene rings is 1. The highest BCUT2D eigenvalue weighted by Gasteiger charge is 2.33. The fourth-order valence-corrected chi connectivity index (χ4v) is 4.20. The molecule has 30 heavy (non-hydrogen) atoms. The Labute approximate surface area is 177 Å². The summed E-state index contributed by atoms with van der Waals surface area (Å²) in [6.07, 6.45) is 6.49. The number of hydrogen-bond donors (Lipinski definition) is 4. The van der Waals surface area contributed by atoms with Crippen LogP contribution >= 0.6 is 0 Å². The number of aliphatic hydroxyl groups is 1. The molecule has 4 N–H and O–H groups in total. The van der Waals surface area contributed by atoms with E-state index in [0.717, 1.165) is 12.8 Å². The summed E-state index contributed by atoms with van der Waals surface area (Å²) >= 11 is 0. The zero-order chi connectivity index (χ0) is 21.3. The molecule has 0 spiro atoms. The van der Waals surface area contributed by atoms with Crippen molar-refractivity contribution in [3.05, 3.63) is 24.3 Å². The molecular formula is C22H33N3O5. The summed E-state index contributed by atoms with van der Waals surface area (Å²) in [7, 11) is 1.58. The van der Waals surface area contributed by atoms with Crippen molar-refractivity contribution >= 4 is 17.6 Å². The third-order valence-corrected chi connectivity index (χ3v) is 5.84. The van der Waals surface area contributed by atoms with Gasteiger partial charge in [0.1, 0.15) is 11.9 Å². The van der Waals surface area contributed by atoms with Gasteiger partial charge in [0, 0.05) is 11.7 Å². The maximum atomic E-state index is 12.3. The number of carbonyl (C=O) groups is 2. The van der Waals surface area contributed by atoms with Crippen molar-refractivity contribution in [1.82, 2.24) is 10.6 Å². The molecule has 0 unspecified atom stereocenters. The standard InChI is InChI=1S/C22H33N3O5/c1-29-17-9-7-16(8-10-17)24-22(28)25-19-12-11-18(30-20(19)14-26)13-21(27)23-15-5-3-2-4-6-15/h7-10,15,18-20,26H,2-6,11-14H2,1H3,(H,23,27)(H2,24,25,28)/t18-,19-,20-/m1/s1. The molecule has 3 atom stereocenters. The van der Waals surface area contributed by atoms with Crippen LogP contribution < -0.4 is 20.7 Å². The summed E-state index contributed by atoms with van der Waals surface area (Å²) in [5, 5.41) is 18.5. The van der Waals surface area contributed by atoms with Crippen LogP contribution in [0.5, 0.6) is 5.75 Å². The van der Waals surface area contributed by atoms with Gasteiger partial charge in [0.15, 0.2) is 0 Å². The van der Waals surface area contributed by atoms with Crippen LogP contribution in [0.4, 0.5) is 10.5 Å². The number of aliphatic hydroxyl groups excluding tert-OH is 1. The van der Waals surface area contributed by atoms with Crippen molar-refractivity contribution < 1.29 is 24.2 Å². The molecule has 8 nitrogen and oxygen atoms in total. The lowest BCUT2D eigenvalue weighted by atomic mass is 9.94. The van der Waals surface area contributed by atoms with Crippen LogP contribution in [0.15, 0.2) is 24.3 Å². The van der Waals surface area contributed by atoms with Crippen molar-refractivity contribution in [2.45, 2.75) is 75.7 Å². The summed E-state index contributed by atoms with van der Waals surface area (Å²) in [6, 6.07) is 6.63. The number of carbonyl (C=O) groups excluding carboxylic acids is 2. The molecule has 1 aromatic rings. The van der Waals surface area contributed by atoms with Crippen molar-refractivity contribution in [3.63, 3.8) is 0 Å². The third-order valence-electron chi connectivity index (χ3n) is 5.84. The highest BCUT2D eigenvalue weighted by atomic mass is 16.5. The van der Waals surface area contributed by atoms with Gasteiger partial charge in [-0.1, -0.05) is 19.3 Å². The van der Waals surface area contributed by atoms with Gasteiger partial charge in [-0.25, -0.2) is 4.79 Å². The molecule has 2 fully saturated rings. The largest absolute Gasteiger partial charge is 0.497 e. The molecule has 0 aromatic heterocycles. The monoisotopic (exact) mass is 419 g/mol. The zero-order valence-electron chi connectivity index (χ0n) is 17.6. The molecule has 2 aliphatic rings. The first kappa shape index (κ1) is 22.4. The first-order valence-corrected chi connectivity index (χ1v) is 10.8. The van der Waals surface area contributed by atoms with E-state index in [4.69, 9.17) is 9.47 Å². The molecule has 1 aliphatic carbocycles. The first-order chi connectivity index (χ1) is 14.6. The van der Waals surface area contributed by atoms with Crippen LogP contribution in [0.3, 0.4) is 0 Å². The summed E-state index contributed by atoms with van der Waals surface area (Å²) in [5.74, 6) is 0.716. The number of hydrogen-bond acceptors (Lipinski definition) is 5. The Kier molecular flexibility index (Phi) is 8.33. The number of urea groups is 1.